The van der Waals surface area contributed by atoms with Gasteiger partial charge in [0.25, 0.3) is 0 Å². The van der Waals surface area contributed by atoms with Crippen molar-refractivity contribution < 1.29 is 19.4 Å². The van der Waals surface area contributed by atoms with Crippen molar-refractivity contribution in [3.63, 3.8) is 0 Å². The van der Waals surface area contributed by atoms with Crippen molar-refractivity contribution >= 4 is 11.7 Å². The van der Waals surface area contributed by atoms with Crippen LogP contribution in [0.25, 0.3) is 0 Å². The van der Waals surface area contributed by atoms with Crippen molar-refractivity contribution in [2.45, 2.75) is 71.8 Å². The Labute approximate surface area is 250 Å². The molecule has 5 rings (SSSR count). The van der Waals surface area contributed by atoms with Crippen molar-refractivity contribution in [2.24, 2.45) is 0 Å². The van der Waals surface area contributed by atoms with Crippen LogP contribution in [0.4, 0.5) is 10.5 Å². The van der Waals surface area contributed by atoms with Crippen LogP contribution >= 0.6 is 0 Å². The number of fused-ring (bicyclic) bond motifs is 1. The van der Waals surface area contributed by atoms with Crippen LogP contribution in [-0.4, -0.2) is 53.9 Å². The number of carbonyl (C=O) groups excluding carboxylic acids is 1. The summed E-state index contributed by atoms with van der Waals surface area (Å²) in [5.41, 5.74) is 5.96. The lowest BCUT2D eigenvalue weighted by atomic mass is 9.78. The molecular weight excluding hydrogens is 526 g/mol. The molecule has 2 heterocycles. The first-order valence-corrected chi connectivity index (χ1v) is 15.0. The Balaban J connectivity index is 1.20. The number of nitrogens with one attached hydrogen (secondary N) is 1. The molecular formula is C35H45N3O4. The Kier molecular flexibility index (Phi) is 8.42. The third kappa shape index (κ3) is 6.84. The summed E-state index contributed by atoms with van der Waals surface area (Å²) < 4.78 is 10.9. The van der Waals surface area contributed by atoms with Crippen molar-refractivity contribution in [2.75, 3.05) is 38.3 Å². The number of amides is 2. The number of hydrogen-bond donors (Lipinski definition) is 2. The van der Waals surface area contributed by atoms with E-state index in [0.717, 1.165) is 66.4 Å². The number of piperazine rings is 1. The quantitative estimate of drug-likeness (QED) is 0.339. The van der Waals surface area contributed by atoms with Gasteiger partial charge in [-0.1, -0.05) is 77.9 Å². The molecule has 0 radical (unpaired) electrons. The molecule has 2 N–H and O–H groups in total. The highest BCUT2D eigenvalue weighted by molar-refractivity contribution is 5.90. The van der Waals surface area contributed by atoms with Gasteiger partial charge in [-0.25, -0.2) is 4.79 Å². The zero-order valence-corrected chi connectivity index (χ0v) is 25.9. The largest absolute Gasteiger partial charge is 0.507 e. The van der Waals surface area contributed by atoms with E-state index in [2.05, 4.69) is 76.0 Å². The minimum Gasteiger partial charge on any atom is -0.507 e. The summed E-state index contributed by atoms with van der Waals surface area (Å²) in [4.78, 5) is 17.5. The lowest BCUT2D eigenvalue weighted by Crippen LogP contribution is -2.49. The zero-order valence-electron chi connectivity index (χ0n) is 25.9. The number of nitrogens with zero attached hydrogens (tertiary/aromatic N) is 2. The molecule has 7 heteroatoms. The number of carbonyl (C=O) groups is 1. The van der Waals surface area contributed by atoms with Gasteiger partial charge >= 0.3 is 6.03 Å². The number of rotatable bonds is 6. The molecule has 0 unspecified atom stereocenters. The number of urea groups is 1. The Morgan fingerprint density at radius 1 is 0.810 bits per heavy atom. The number of phenolic OH excluding ortho intramolecular Hbond substituents is 1. The second-order valence-electron chi connectivity index (χ2n) is 13.6. The van der Waals surface area contributed by atoms with Crippen LogP contribution in [0, 0.1) is 0 Å². The molecule has 2 amide bonds. The summed E-state index contributed by atoms with van der Waals surface area (Å²) in [5, 5.41) is 14.3. The van der Waals surface area contributed by atoms with Crippen molar-refractivity contribution in [3.05, 3.63) is 82.4 Å². The predicted molar refractivity (Wildman–Crippen MR) is 168 cm³/mol. The van der Waals surface area contributed by atoms with E-state index < -0.39 is 0 Å². The third-order valence-electron chi connectivity index (χ3n) is 8.23. The minimum atomic E-state index is -0.166. The van der Waals surface area contributed by atoms with E-state index in [1.165, 1.54) is 11.1 Å². The average molecular weight is 572 g/mol. The molecule has 0 bridgehead atoms. The van der Waals surface area contributed by atoms with Crippen LogP contribution in [0.2, 0.25) is 0 Å². The summed E-state index contributed by atoms with van der Waals surface area (Å²) in [6, 6.07) is 18.4. The molecule has 0 aliphatic carbocycles. The van der Waals surface area contributed by atoms with Crippen molar-refractivity contribution in [1.29, 1.82) is 0 Å². The monoisotopic (exact) mass is 571 g/mol. The maximum Gasteiger partial charge on any atom is 0.321 e. The number of benzene rings is 3. The number of ether oxygens (including phenoxy) is 2. The molecule has 3 aromatic rings. The molecule has 0 atom stereocenters. The van der Waals surface area contributed by atoms with Gasteiger partial charge in [-0.05, 0) is 69.7 Å². The standard InChI is InChI=1S/C35H45N3O4/c1-34(2,3)27-19-24(20-28(32(27)39)35(4,5)6)11-13-26-9-7-8-10-29(26)36-33(40)38-17-15-37(16-18-38)22-25-12-14-30-31(21-25)42-23-41-30/h7-10,12,14,19-21,39H,11,13,15-18,22-23H2,1-6H3,(H,36,40). The maximum absolute atomic E-state index is 13.3. The SMILES string of the molecule is CC(C)(C)c1cc(CCc2ccccc2NC(=O)N2CCN(Cc3ccc4c(c3)OCO4)CC2)cc(C(C)(C)C)c1O. The molecule has 0 saturated carbocycles. The lowest BCUT2D eigenvalue weighted by molar-refractivity contribution is 0.143. The molecule has 2 aliphatic heterocycles. The molecule has 3 aromatic carbocycles. The van der Waals surface area contributed by atoms with Gasteiger partial charge in [-0.15, -0.1) is 0 Å². The van der Waals surface area contributed by atoms with Gasteiger partial charge in [0.1, 0.15) is 5.75 Å². The lowest BCUT2D eigenvalue weighted by Gasteiger charge is -2.34. The Morgan fingerprint density at radius 3 is 2.12 bits per heavy atom. The van der Waals surface area contributed by atoms with E-state index >= 15 is 0 Å². The normalized spacial score (nSPS) is 15.6. The van der Waals surface area contributed by atoms with Gasteiger partial charge < -0.3 is 24.8 Å². The molecule has 0 spiro atoms. The summed E-state index contributed by atoms with van der Waals surface area (Å²) in [6.07, 6.45) is 1.61. The predicted octanol–water partition coefficient (Wildman–Crippen LogP) is 6.85. The Morgan fingerprint density at radius 2 is 1.45 bits per heavy atom. The van der Waals surface area contributed by atoms with E-state index in [-0.39, 0.29) is 23.7 Å². The first-order valence-electron chi connectivity index (χ1n) is 15.0. The van der Waals surface area contributed by atoms with Crippen LogP contribution in [0.1, 0.15) is 69.4 Å². The number of aryl methyl sites for hydroxylation is 2. The van der Waals surface area contributed by atoms with Gasteiger partial charge in [0.05, 0.1) is 0 Å². The first kappa shape index (κ1) is 29.8. The number of para-hydroxylation sites is 1. The fourth-order valence-electron chi connectivity index (χ4n) is 5.72. The fourth-order valence-corrected chi connectivity index (χ4v) is 5.72. The Bertz CT molecular complexity index is 1390. The topological polar surface area (TPSA) is 74.3 Å². The zero-order chi connectivity index (χ0) is 30.1. The highest BCUT2D eigenvalue weighted by Gasteiger charge is 2.27. The van der Waals surface area contributed by atoms with Crippen LogP contribution in [-0.2, 0) is 30.2 Å². The van der Waals surface area contributed by atoms with E-state index in [0.29, 0.717) is 18.8 Å². The van der Waals surface area contributed by atoms with Gasteiger partial charge in [-0.3, -0.25) is 4.90 Å². The summed E-state index contributed by atoms with van der Waals surface area (Å²) in [6.45, 7) is 16.9. The summed E-state index contributed by atoms with van der Waals surface area (Å²) in [7, 11) is 0. The Hall–Kier alpha value is -3.71. The maximum atomic E-state index is 13.3. The smallest absolute Gasteiger partial charge is 0.321 e. The van der Waals surface area contributed by atoms with Crippen LogP contribution < -0.4 is 14.8 Å². The van der Waals surface area contributed by atoms with Crippen molar-refractivity contribution in [1.82, 2.24) is 9.80 Å². The highest BCUT2D eigenvalue weighted by atomic mass is 16.7. The summed E-state index contributed by atoms with van der Waals surface area (Å²) in [5.74, 6) is 2.01. The minimum absolute atomic E-state index is 0.0557. The van der Waals surface area contributed by atoms with Crippen LogP contribution in [0.5, 0.6) is 17.2 Å². The second-order valence-corrected chi connectivity index (χ2v) is 13.6. The molecule has 224 valence electrons. The van der Waals surface area contributed by atoms with Crippen molar-refractivity contribution in [3.8, 4) is 17.2 Å². The average Bonchev–Trinajstić information content (AvgIpc) is 3.40. The number of aromatic hydroxyl groups is 1. The van der Waals surface area contributed by atoms with Gasteiger partial charge in [0, 0.05) is 38.4 Å². The molecule has 1 fully saturated rings. The van der Waals surface area contributed by atoms with Gasteiger partial charge in [-0.2, -0.15) is 0 Å². The summed E-state index contributed by atoms with van der Waals surface area (Å²) >= 11 is 0. The fraction of sp³-hybridized carbons (Fsp3) is 0.457. The number of hydrogen-bond acceptors (Lipinski definition) is 5. The van der Waals surface area contributed by atoms with Gasteiger partial charge in [0.15, 0.2) is 11.5 Å². The molecule has 0 aromatic heterocycles. The first-order chi connectivity index (χ1) is 19.9. The van der Waals surface area contributed by atoms with E-state index in [4.69, 9.17) is 9.47 Å². The van der Waals surface area contributed by atoms with E-state index in [1.54, 1.807) is 0 Å². The van der Waals surface area contributed by atoms with E-state index in [1.807, 2.05) is 35.2 Å². The van der Waals surface area contributed by atoms with Gasteiger partial charge in [0.2, 0.25) is 6.79 Å². The van der Waals surface area contributed by atoms with E-state index in [9.17, 15) is 9.90 Å². The molecule has 1 saturated heterocycles. The molecule has 42 heavy (non-hydrogen) atoms. The second kappa shape index (κ2) is 11.9. The number of anilines is 1. The van der Waals surface area contributed by atoms with Crippen LogP contribution in [0.15, 0.2) is 54.6 Å². The third-order valence-corrected chi connectivity index (χ3v) is 8.23. The van der Waals surface area contributed by atoms with Crippen LogP contribution in [0.3, 0.4) is 0 Å². The number of phenols is 1. The highest BCUT2D eigenvalue weighted by Crippen LogP contribution is 2.40. The molecule has 7 nitrogen and oxygen atoms in total. The molecule has 2 aliphatic rings.